The van der Waals surface area contributed by atoms with Crippen LogP contribution in [0.4, 0.5) is 0 Å². The summed E-state index contributed by atoms with van der Waals surface area (Å²) in [6.45, 7) is 0.476. The van der Waals surface area contributed by atoms with Crippen LogP contribution in [0, 0.1) is 0 Å². The number of methoxy groups -OCH3 is 1. The summed E-state index contributed by atoms with van der Waals surface area (Å²) in [5, 5.41) is 19.5. The second-order valence-electron chi connectivity index (χ2n) is 6.45. The van der Waals surface area contributed by atoms with Crippen molar-refractivity contribution in [1.82, 2.24) is 0 Å². The maximum absolute atomic E-state index is 9.83. The maximum Gasteiger partial charge on any atom is 0.126 e. The molecule has 2 N–H and O–H groups in total. The van der Waals surface area contributed by atoms with Crippen molar-refractivity contribution in [3.63, 3.8) is 0 Å². The van der Waals surface area contributed by atoms with E-state index in [0.717, 1.165) is 22.4 Å². The van der Waals surface area contributed by atoms with Gasteiger partial charge in [0, 0.05) is 29.0 Å². The first-order valence-electron chi connectivity index (χ1n) is 8.55. The zero-order chi connectivity index (χ0) is 18.1. The van der Waals surface area contributed by atoms with Gasteiger partial charge in [0.1, 0.15) is 23.0 Å². The Morgan fingerprint density at radius 3 is 2.38 bits per heavy atom. The van der Waals surface area contributed by atoms with Crippen molar-refractivity contribution in [2.24, 2.45) is 0 Å². The van der Waals surface area contributed by atoms with Crippen LogP contribution in [-0.4, -0.2) is 23.9 Å². The summed E-state index contributed by atoms with van der Waals surface area (Å²) in [7, 11) is 1.67. The summed E-state index contributed by atoms with van der Waals surface area (Å²) in [4.78, 5) is 0. The van der Waals surface area contributed by atoms with Crippen LogP contribution in [0.5, 0.6) is 23.0 Å². The molecule has 0 spiro atoms. The second kappa shape index (κ2) is 6.64. The third-order valence-electron chi connectivity index (χ3n) is 4.95. The van der Waals surface area contributed by atoms with Crippen LogP contribution in [-0.2, 0) is 0 Å². The predicted octanol–water partition coefficient (Wildman–Crippen LogP) is 4.41. The van der Waals surface area contributed by atoms with Crippen molar-refractivity contribution in [2.45, 2.75) is 11.8 Å². The quantitative estimate of drug-likeness (QED) is 0.736. The van der Waals surface area contributed by atoms with Crippen LogP contribution in [0.3, 0.4) is 0 Å². The molecular weight excluding hydrogens is 328 g/mol. The molecular formula is C22H20O4. The molecule has 2 unspecified atom stereocenters. The minimum absolute atomic E-state index is 0.0139. The summed E-state index contributed by atoms with van der Waals surface area (Å²) >= 11 is 0. The fourth-order valence-corrected chi connectivity index (χ4v) is 3.72. The van der Waals surface area contributed by atoms with E-state index < -0.39 is 0 Å². The zero-order valence-corrected chi connectivity index (χ0v) is 14.4. The predicted molar refractivity (Wildman–Crippen MR) is 99.3 cm³/mol. The molecule has 4 heteroatoms. The van der Waals surface area contributed by atoms with Crippen molar-refractivity contribution >= 4 is 0 Å². The maximum atomic E-state index is 9.83. The number of hydrogen-bond donors (Lipinski definition) is 2. The number of phenols is 2. The molecule has 1 aliphatic heterocycles. The zero-order valence-electron chi connectivity index (χ0n) is 14.4. The van der Waals surface area contributed by atoms with E-state index in [1.165, 1.54) is 0 Å². The molecule has 0 amide bonds. The molecule has 3 aromatic carbocycles. The molecule has 0 saturated carbocycles. The van der Waals surface area contributed by atoms with Gasteiger partial charge in [-0.1, -0.05) is 36.4 Å². The Balaban J connectivity index is 1.89. The van der Waals surface area contributed by atoms with E-state index in [1.807, 2.05) is 36.4 Å². The second-order valence-corrected chi connectivity index (χ2v) is 6.45. The minimum Gasteiger partial charge on any atom is -0.508 e. The fourth-order valence-electron chi connectivity index (χ4n) is 3.72. The first-order valence-corrected chi connectivity index (χ1v) is 8.55. The number of phenolic OH excluding ortho intramolecular Hbond substituents is 2. The molecule has 132 valence electrons. The summed E-state index contributed by atoms with van der Waals surface area (Å²) in [6, 6.07) is 20.5. The van der Waals surface area contributed by atoms with Crippen molar-refractivity contribution in [2.75, 3.05) is 13.7 Å². The third-order valence-corrected chi connectivity index (χ3v) is 4.95. The normalized spacial score (nSPS) is 18.7. The van der Waals surface area contributed by atoms with Gasteiger partial charge in [-0.3, -0.25) is 0 Å². The van der Waals surface area contributed by atoms with E-state index in [9.17, 15) is 10.2 Å². The third kappa shape index (κ3) is 2.84. The van der Waals surface area contributed by atoms with Crippen molar-refractivity contribution in [3.8, 4) is 23.0 Å². The number of benzene rings is 3. The highest BCUT2D eigenvalue weighted by molar-refractivity contribution is 5.53. The Bertz CT molecular complexity index is 918. The molecule has 26 heavy (non-hydrogen) atoms. The summed E-state index contributed by atoms with van der Waals surface area (Å²) in [6.07, 6.45) is 0. The minimum atomic E-state index is 0.0139. The largest absolute Gasteiger partial charge is 0.508 e. The van der Waals surface area contributed by atoms with Crippen LogP contribution in [0.1, 0.15) is 28.5 Å². The first kappa shape index (κ1) is 16.3. The molecule has 4 rings (SSSR count). The highest BCUT2D eigenvalue weighted by Crippen LogP contribution is 2.49. The average Bonchev–Trinajstić information content (AvgIpc) is 2.67. The molecule has 0 fully saturated rings. The van der Waals surface area contributed by atoms with Gasteiger partial charge in [-0.25, -0.2) is 0 Å². The van der Waals surface area contributed by atoms with Crippen molar-refractivity contribution < 1.29 is 19.7 Å². The molecule has 0 aromatic heterocycles. The fraction of sp³-hybridized carbons (Fsp3) is 0.182. The molecule has 1 heterocycles. The number of hydrogen-bond acceptors (Lipinski definition) is 4. The van der Waals surface area contributed by atoms with Gasteiger partial charge in [-0.2, -0.15) is 0 Å². The molecule has 2 atom stereocenters. The molecule has 0 saturated heterocycles. The molecule has 0 bridgehead atoms. The molecule has 1 aliphatic rings. The topological polar surface area (TPSA) is 58.9 Å². The number of fused-ring (bicyclic) bond motifs is 1. The summed E-state index contributed by atoms with van der Waals surface area (Å²) in [5.41, 5.74) is 3.16. The highest BCUT2D eigenvalue weighted by Gasteiger charge is 2.35. The van der Waals surface area contributed by atoms with Crippen LogP contribution in [0.15, 0.2) is 66.7 Å². The molecule has 4 nitrogen and oxygen atoms in total. The van der Waals surface area contributed by atoms with Crippen molar-refractivity contribution in [1.29, 1.82) is 0 Å². The standard InChI is InChI=1S/C22H20O4/c1-25-20-5-3-2-4-17(20)22-18-11-10-16(24)12-21(18)26-13-19(22)14-6-8-15(23)9-7-14/h2-12,19,22-24H,13H2,1H3. The van der Waals surface area contributed by atoms with Gasteiger partial charge >= 0.3 is 0 Å². The smallest absolute Gasteiger partial charge is 0.126 e. The Kier molecular flexibility index (Phi) is 4.17. The first-order chi connectivity index (χ1) is 12.7. The van der Waals surface area contributed by atoms with Crippen molar-refractivity contribution in [3.05, 3.63) is 83.4 Å². The van der Waals surface area contributed by atoms with Gasteiger partial charge in [0.15, 0.2) is 0 Å². The Hall–Kier alpha value is -3.14. The SMILES string of the molecule is COc1ccccc1C1c2ccc(O)cc2OCC1c1ccc(O)cc1. The van der Waals surface area contributed by atoms with E-state index >= 15 is 0 Å². The van der Waals surface area contributed by atoms with Crippen LogP contribution >= 0.6 is 0 Å². The van der Waals surface area contributed by atoms with Gasteiger partial charge in [-0.15, -0.1) is 0 Å². The molecule has 0 aliphatic carbocycles. The monoisotopic (exact) mass is 348 g/mol. The lowest BCUT2D eigenvalue weighted by molar-refractivity contribution is 0.246. The van der Waals surface area contributed by atoms with Crippen LogP contribution in [0.2, 0.25) is 0 Å². The lowest BCUT2D eigenvalue weighted by Crippen LogP contribution is -2.25. The Morgan fingerprint density at radius 1 is 0.885 bits per heavy atom. The van der Waals surface area contributed by atoms with Gasteiger partial charge in [0.2, 0.25) is 0 Å². The van der Waals surface area contributed by atoms with Gasteiger partial charge in [-0.05, 0) is 29.8 Å². The molecule has 3 aromatic rings. The van der Waals surface area contributed by atoms with E-state index in [2.05, 4.69) is 6.07 Å². The summed E-state index contributed by atoms with van der Waals surface area (Å²) in [5.74, 6) is 2.01. The van der Waals surface area contributed by atoms with Crippen LogP contribution < -0.4 is 9.47 Å². The average molecular weight is 348 g/mol. The lowest BCUT2D eigenvalue weighted by atomic mass is 9.75. The van der Waals surface area contributed by atoms with E-state index in [1.54, 1.807) is 31.4 Å². The number of aromatic hydroxyl groups is 2. The summed E-state index contributed by atoms with van der Waals surface area (Å²) < 4.78 is 11.6. The highest BCUT2D eigenvalue weighted by atomic mass is 16.5. The van der Waals surface area contributed by atoms with Crippen LogP contribution in [0.25, 0.3) is 0 Å². The van der Waals surface area contributed by atoms with E-state index in [-0.39, 0.29) is 23.3 Å². The number of rotatable bonds is 3. The molecule has 0 radical (unpaired) electrons. The van der Waals surface area contributed by atoms with E-state index in [4.69, 9.17) is 9.47 Å². The van der Waals surface area contributed by atoms with Gasteiger partial charge in [0.25, 0.3) is 0 Å². The number of ether oxygens (including phenoxy) is 2. The van der Waals surface area contributed by atoms with Gasteiger partial charge in [0.05, 0.1) is 13.7 Å². The number of para-hydroxylation sites is 1. The van der Waals surface area contributed by atoms with E-state index in [0.29, 0.717) is 12.4 Å². The Labute approximate surface area is 152 Å². The Morgan fingerprint density at radius 2 is 1.62 bits per heavy atom. The lowest BCUT2D eigenvalue weighted by Gasteiger charge is -2.35. The van der Waals surface area contributed by atoms with Gasteiger partial charge < -0.3 is 19.7 Å².